The number of hydrogen-bond acceptors (Lipinski definition) is 5. The van der Waals surface area contributed by atoms with Gasteiger partial charge in [-0.1, -0.05) is 6.08 Å². The van der Waals surface area contributed by atoms with Crippen LogP contribution in [0.5, 0.6) is 0 Å². The molecule has 0 amide bonds. The van der Waals surface area contributed by atoms with Crippen LogP contribution < -0.4 is 4.72 Å². The molecule has 2 fully saturated rings. The van der Waals surface area contributed by atoms with E-state index >= 15 is 0 Å². The zero-order chi connectivity index (χ0) is 15.4. The smallest absolute Gasteiger partial charge is 0.337 e. The molecule has 6 nitrogen and oxygen atoms in total. The summed E-state index contributed by atoms with van der Waals surface area (Å²) in [4.78, 5) is 11.9. The molecule has 0 spiro atoms. The predicted octanol–water partition coefficient (Wildman–Crippen LogP) is 0.327. The summed E-state index contributed by atoms with van der Waals surface area (Å²) in [6.07, 6.45) is 3.43. The van der Waals surface area contributed by atoms with Crippen LogP contribution in [0, 0.1) is 11.8 Å². The van der Waals surface area contributed by atoms with E-state index in [9.17, 15) is 18.3 Å². The molecule has 21 heavy (non-hydrogen) atoms. The highest BCUT2D eigenvalue weighted by atomic mass is 32.2. The van der Waals surface area contributed by atoms with Gasteiger partial charge >= 0.3 is 5.97 Å². The molecule has 118 valence electrons. The standard InChI is InChI=1S/C14H21NO5S/c1-8(2)21(18,19)15-7-9-5-10-3-4-12-14(10,17)11(6-9)13(16)20-12/h6,8-10,12,15,17H,3-5,7H2,1-2H3/t9-,10+,12+,14-/m0/s1. The van der Waals surface area contributed by atoms with Crippen molar-refractivity contribution in [2.75, 3.05) is 6.54 Å². The Morgan fingerprint density at radius 2 is 2.19 bits per heavy atom. The molecule has 0 aromatic carbocycles. The van der Waals surface area contributed by atoms with Crippen molar-refractivity contribution in [3.63, 3.8) is 0 Å². The highest BCUT2D eigenvalue weighted by Gasteiger charge is 2.62. The molecule has 2 N–H and O–H groups in total. The van der Waals surface area contributed by atoms with Gasteiger partial charge in [0.1, 0.15) is 11.7 Å². The van der Waals surface area contributed by atoms with E-state index in [1.54, 1.807) is 19.9 Å². The van der Waals surface area contributed by atoms with Crippen molar-refractivity contribution in [1.82, 2.24) is 4.72 Å². The second kappa shape index (κ2) is 4.79. The lowest BCUT2D eigenvalue weighted by atomic mass is 9.73. The Balaban J connectivity index is 1.79. The van der Waals surface area contributed by atoms with E-state index in [2.05, 4.69) is 4.72 Å². The number of carbonyl (C=O) groups is 1. The maximum Gasteiger partial charge on any atom is 0.337 e. The number of nitrogens with one attached hydrogen (secondary N) is 1. The average Bonchev–Trinajstić information content (AvgIpc) is 2.85. The fraction of sp³-hybridized carbons (Fsp3) is 0.786. The molecule has 0 aromatic heterocycles. The van der Waals surface area contributed by atoms with Crippen molar-refractivity contribution in [3.05, 3.63) is 11.6 Å². The summed E-state index contributed by atoms with van der Waals surface area (Å²) in [5, 5.41) is 10.3. The molecule has 0 unspecified atom stereocenters. The molecule has 7 heteroatoms. The van der Waals surface area contributed by atoms with Gasteiger partial charge in [0.15, 0.2) is 0 Å². The van der Waals surface area contributed by atoms with Crippen LogP contribution in [0.2, 0.25) is 0 Å². The largest absolute Gasteiger partial charge is 0.455 e. The van der Waals surface area contributed by atoms with Gasteiger partial charge in [0.2, 0.25) is 10.0 Å². The lowest BCUT2D eigenvalue weighted by Gasteiger charge is -2.35. The van der Waals surface area contributed by atoms with Crippen LogP contribution in [0.1, 0.15) is 33.1 Å². The summed E-state index contributed by atoms with van der Waals surface area (Å²) in [6.45, 7) is 3.50. The van der Waals surface area contributed by atoms with Crippen LogP contribution in [-0.4, -0.2) is 43.0 Å². The van der Waals surface area contributed by atoms with Gasteiger partial charge in [-0.2, -0.15) is 0 Å². The molecule has 1 saturated carbocycles. The number of carbonyl (C=O) groups excluding carboxylic acids is 1. The SMILES string of the molecule is CC(C)S(=O)(=O)NC[C@@H]1C=C2C(=O)O[C@@H]3CC[C@H](C1)[C@]23O. The first-order valence-electron chi connectivity index (χ1n) is 7.39. The first-order valence-corrected chi connectivity index (χ1v) is 8.94. The predicted molar refractivity (Wildman–Crippen MR) is 75.8 cm³/mol. The Kier molecular flexibility index (Phi) is 3.42. The van der Waals surface area contributed by atoms with Gasteiger partial charge in [0.25, 0.3) is 0 Å². The summed E-state index contributed by atoms with van der Waals surface area (Å²) < 4.78 is 31.5. The third-order valence-electron chi connectivity index (χ3n) is 4.95. The second-order valence-corrected chi connectivity index (χ2v) is 8.83. The first kappa shape index (κ1) is 15.0. The van der Waals surface area contributed by atoms with Gasteiger partial charge in [-0.05, 0) is 44.9 Å². The maximum absolute atomic E-state index is 11.9. The lowest BCUT2D eigenvalue weighted by molar-refractivity contribution is -0.140. The minimum Gasteiger partial charge on any atom is -0.455 e. The summed E-state index contributed by atoms with van der Waals surface area (Å²) in [6, 6.07) is 0. The third kappa shape index (κ3) is 2.22. The van der Waals surface area contributed by atoms with Crippen molar-refractivity contribution in [1.29, 1.82) is 0 Å². The minimum absolute atomic E-state index is 0.0255. The summed E-state index contributed by atoms with van der Waals surface area (Å²) in [7, 11) is -3.32. The van der Waals surface area contributed by atoms with Gasteiger partial charge in [0, 0.05) is 6.54 Å². The van der Waals surface area contributed by atoms with E-state index < -0.39 is 32.9 Å². The molecule has 0 radical (unpaired) electrons. The van der Waals surface area contributed by atoms with Crippen LogP contribution >= 0.6 is 0 Å². The fourth-order valence-corrected chi connectivity index (χ4v) is 4.43. The van der Waals surface area contributed by atoms with Crippen LogP contribution in [0.4, 0.5) is 0 Å². The molecule has 0 bridgehead atoms. The molecule has 2 aliphatic carbocycles. The van der Waals surface area contributed by atoms with E-state index in [0.29, 0.717) is 18.4 Å². The number of ether oxygens (including phenoxy) is 1. The molecule has 4 atom stereocenters. The van der Waals surface area contributed by atoms with Gasteiger partial charge in [-0.15, -0.1) is 0 Å². The molecule has 3 rings (SSSR count). The minimum atomic E-state index is -3.32. The maximum atomic E-state index is 11.9. The van der Waals surface area contributed by atoms with E-state index in [1.165, 1.54) is 0 Å². The average molecular weight is 315 g/mol. The van der Waals surface area contributed by atoms with Crippen molar-refractivity contribution >= 4 is 16.0 Å². The normalized spacial score (nSPS) is 38.4. The van der Waals surface area contributed by atoms with E-state index in [4.69, 9.17) is 4.74 Å². The topological polar surface area (TPSA) is 92.7 Å². The van der Waals surface area contributed by atoms with Crippen LogP contribution in [0.15, 0.2) is 11.6 Å². The quantitative estimate of drug-likeness (QED) is 0.729. The fourth-order valence-electron chi connectivity index (χ4n) is 3.65. The highest BCUT2D eigenvalue weighted by Crippen LogP contribution is 2.52. The number of rotatable bonds is 4. The van der Waals surface area contributed by atoms with Crippen molar-refractivity contribution in [3.8, 4) is 0 Å². The third-order valence-corrected chi connectivity index (χ3v) is 6.76. The number of esters is 1. The number of hydrogen-bond donors (Lipinski definition) is 2. The Morgan fingerprint density at radius 1 is 1.48 bits per heavy atom. The van der Waals surface area contributed by atoms with Crippen LogP contribution in [0.3, 0.4) is 0 Å². The molecule has 1 saturated heterocycles. The summed E-state index contributed by atoms with van der Waals surface area (Å²) in [5.74, 6) is -0.561. The van der Waals surface area contributed by atoms with Gasteiger partial charge in [0.05, 0.1) is 10.8 Å². The highest BCUT2D eigenvalue weighted by molar-refractivity contribution is 7.90. The van der Waals surface area contributed by atoms with E-state index in [-0.39, 0.29) is 18.4 Å². The van der Waals surface area contributed by atoms with Crippen molar-refractivity contribution < 1.29 is 23.1 Å². The zero-order valence-electron chi connectivity index (χ0n) is 12.2. The Morgan fingerprint density at radius 3 is 2.86 bits per heavy atom. The molecule has 0 aromatic rings. The molecule has 1 heterocycles. The van der Waals surface area contributed by atoms with Crippen LogP contribution in [0.25, 0.3) is 0 Å². The number of aliphatic hydroxyl groups is 1. The lowest BCUT2D eigenvalue weighted by Crippen LogP contribution is -2.46. The van der Waals surface area contributed by atoms with E-state index in [1.807, 2.05) is 0 Å². The zero-order valence-corrected chi connectivity index (χ0v) is 13.0. The second-order valence-electron chi connectivity index (χ2n) is 6.51. The Labute approximate surface area is 124 Å². The molecule has 3 aliphatic rings. The molecular weight excluding hydrogens is 294 g/mol. The first-order chi connectivity index (χ1) is 9.75. The van der Waals surface area contributed by atoms with Crippen molar-refractivity contribution in [2.24, 2.45) is 11.8 Å². The van der Waals surface area contributed by atoms with Gasteiger partial charge in [-0.25, -0.2) is 17.9 Å². The number of sulfonamides is 1. The van der Waals surface area contributed by atoms with Gasteiger partial charge in [-0.3, -0.25) is 0 Å². The Bertz CT molecular complexity index is 596. The monoisotopic (exact) mass is 315 g/mol. The van der Waals surface area contributed by atoms with Crippen LogP contribution in [-0.2, 0) is 19.6 Å². The van der Waals surface area contributed by atoms with E-state index in [0.717, 1.165) is 6.42 Å². The summed E-state index contributed by atoms with van der Waals surface area (Å²) >= 11 is 0. The van der Waals surface area contributed by atoms with Crippen molar-refractivity contribution in [2.45, 2.75) is 50.1 Å². The summed E-state index contributed by atoms with van der Waals surface area (Å²) in [5.41, 5.74) is -0.820. The molecular formula is C14H21NO5S. The Hall–Kier alpha value is -0.920. The van der Waals surface area contributed by atoms with Gasteiger partial charge < -0.3 is 9.84 Å². The molecule has 1 aliphatic heterocycles.